The Labute approximate surface area is 232 Å². The van der Waals surface area contributed by atoms with Crippen molar-refractivity contribution < 1.29 is 27.5 Å². The summed E-state index contributed by atoms with van der Waals surface area (Å²) in [7, 11) is 0. The standard InChI is InChI=1S/C28H27F2N7O3/c1-13-10-37-23(34-21(13)14-8-32-25(33-9-14)28(31)11-27(2,39)12-28)20-16-7-17(22(20)35-37)36(3)24(38)15-5-4-6-18(19(15)16)40-26(29)30/h4-6,8-10,16-17,26,39H,7,11-12,31H2,1-3H3/t16-,17-,27?,28?/m1/s1/i3D3. The smallest absolute Gasteiger partial charge is 0.387 e. The molecular weight excluding hydrogens is 520 g/mol. The molecule has 1 fully saturated rings. The number of hydrogen-bond acceptors (Lipinski definition) is 8. The van der Waals surface area contributed by atoms with E-state index >= 15 is 0 Å². The summed E-state index contributed by atoms with van der Waals surface area (Å²) in [6.45, 7) is -2.44. The molecule has 3 aliphatic rings. The van der Waals surface area contributed by atoms with E-state index in [-0.39, 0.29) is 23.3 Å². The monoisotopic (exact) mass is 550 g/mol. The zero-order chi connectivity index (χ0) is 30.6. The lowest BCUT2D eigenvalue weighted by Crippen LogP contribution is -2.59. The van der Waals surface area contributed by atoms with Crippen LogP contribution in [0.4, 0.5) is 8.78 Å². The van der Waals surface area contributed by atoms with Crippen LogP contribution in [0, 0.1) is 6.92 Å². The van der Waals surface area contributed by atoms with Crippen molar-refractivity contribution in [1.29, 1.82) is 0 Å². The van der Waals surface area contributed by atoms with Crippen molar-refractivity contribution in [2.75, 3.05) is 6.98 Å². The van der Waals surface area contributed by atoms with Gasteiger partial charge in [0.2, 0.25) is 0 Å². The fraction of sp³-hybridized carbons (Fsp3) is 0.393. The average Bonchev–Trinajstić information content (AvgIpc) is 3.38. The van der Waals surface area contributed by atoms with Gasteiger partial charge < -0.3 is 20.5 Å². The number of carbonyl (C=O) groups excluding carboxylic acids is 1. The molecule has 1 saturated carbocycles. The lowest BCUT2D eigenvalue weighted by Gasteiger charge is -2.48. The minimum atomic E-state index is -3.15. The number of halogens is 2. The van der Waals surface area contributed by atoms with E-state index in [1.54, 1.807) is 25.5 Å². The number of alkyl halides is 2. The lowest BCUT2D eigenvalue weighted by atomic mass is 9.66. The number of nitrogens with two attached hydrogens (primary N) is 1. The number of fused-ring (bicyclic) bond motifs is 9. The summed E-state index contributed by atoms with van der Waals surface area (Å²) >= 11 is 0. The molecule has 4 heterocycles. The first-order valence-electron chi connectivity index (χ1n) is 14.3. The number of rotatable bonds is 4. The second kappa shape index (κ2) is 8.24. The van der Waals surface area contributed by atoms with Crippen LogP contribution < -0.4 is 10.5 Å². The molecule has 2 aliphatic carbocycles. The molecule has 0 radical (unpaired) electrons. The van der Waals surface area contributed by atoms with Gasteiger partial charge in [0.25, 0.3) is 5.91 Å². The SMILES string of the molecule is [2H]C([2H])([2H])N1C(=O)c2cccc(OC(F)F)c2[C@H]2C[C@@H]1c1nn3cc(C)c(-c4cnc(C5(N)CC(C)(O)C5)nc4)nc3c12. The van der Waals surface area contributed by atoms with Crippen LogP contribution in [0.5, 0.6) is 5.75 Å². The van der Waals surface area contributed by atoms with Gasteiger partial charge in [-0.1, -0.05) is 6.07 Å². The van der Waals surface area contributed by atoms with E-state index in [0.29, 0.717) is 52.4 Å². The van der Waals surface area contributed by atoms with E-state index in [2.05, 4.69) is 15.1 Å². The molecular formula is C28H27F2N7O3. The van der Waals surface area contributed by atoms with Crippen molar-refractivity contribution in [2.45, 2.75) is 62.8 Å². The van der Waals surface area contributed by atoms with Crippen LogP contribution in [-0.2, 0) is 5.54 Å². The van der Waals surface area contributed by atoms with Crippen LogP contribution in [0.3, 0.4) is 0 Å². The molecule has 4 aromatic rings. The summed E-state index contributed by atoms with van der Waals surface area (Å²) in [5.74, 6) is -1.29. The van der Waals surface area contributed by atoms with Crippen LogP contribution >= 0.6 is 0 Å². The predicted octanol–water partition coefficient (Wildman–Crippen LogP) is 3.46. The van der Waals surface area contributed by atoms with Gasteiger partial charge in [-0.05, 0) is 38.0 Å². The lowest BCUT2D eigenvalue weighted by molar-refractivity contribution is -0.0769. The van der Waals surface area contributed by atoms with E-state index in [4.69, 9.17) is 19.6 Å². The van der Waals surface area contributed by atoms with Gasteiger partial charge in [-0.3, -0.25) is 4.79 Å². The second-order valence-corrected chi connectivity index (χ2v) is 11.2. The zero-order valence-corrected chi connectivity index (χ0v) is 21.6. The normalized spacial score (nSPS) is 28.4. The number of benzene rings is 1. The number of aryl methyl sites for hydroxylation is 1. The van der Waals surface area contributed by atoms with Gasteiger partial charge in [0.1, 0.15) is 11.6 Å². The third-order valence-electron chi connectivity index (χ3n) is 8.13. The Kier molecular flexibility index (Phi) is 4.48. The van der Waals surface area contributed by atoms with Gasteiger partial charge in [-0.15, -0.1) is 0 Å². The molecule has 1 aliphatic heterocycles. The Morgan fingerprint density at radius 3 is 2.67 bits per heavy atom. The van der Waals surface area contributed by atoms with E-state index < -0.39 is 42.6 Å². The van der Waals surface area contributed by atoms with Crippen molar-refractivity contribution in [1.82, 2.24) is 29.5 Å². The summed E-state index contributed by atoms with van der Waals surface area (Å²) in [5, 5.41) is 14.8. The van der Waals surface area contributed by atoms with Crippen LogP contribution in [0.15, 0.2) is 36.8 Å². The number of amides is 1. The molecule has 0 saturated heterocycles. The first-order chi connectivity index (χ1) is 20.2. The minimum absolute atomic E-state index is 0.0196. The quantitative estimate of drug-likeness (QED) is 0.395. The van der Waals surface area contributed by atoms with Crippen molar-refractivity contribution in [2.24, 2.45) is 5.73 Å². The van der Waals surface area contributed by atoms with Gasteiger partial charge in [-0.2, -0.15) is 13.9 Å². The molecule has 7 rings (SSSR count). The largest absolute Gasteiger partial charge is 0.434 e. The van der Waals surface area contributed by atoms with E-state index in [9.17, 15) is 18.7 Å². The van der Waals surface area contributed by atoms with Crippen molar-refractivity contribution in [3.05, 3.63) is 70.6 Å². The summed E-state index contributed by atoms with van der Waals surface area (Å²) in [5.41, 5.74) is 7.97. The van der Waals surface area contributed by atoms with Gasteiger partial charge in [-0.25, -0.2) is 19.5 Å². The number of carbonyl (C=O) groups is 1. The maximum Gasteiger partial charge on any atom is 0.387 e. The van der Waals surface area contributed by atoms with Crippen LogP contribution in [0.2, 0.25) is 0 Å². The van der Waals surface area contributed by atoms with Gasteiger partial charge in [0, 0.05) is 70.7 Å². The Morgan fingerprint density at radius 1 is 1.25 bits per heavy atom. The molecule has 1 amide bonds. The molecule has 3 aromatic heterocycles. The molecule has 1 aromatic carbocycles. The summed E-state index contributed by atoms with van der Waals surface area (Å²) in [6, 6.07) is 3.21. The van der Waals surface area contributed by atoms with E-state index in [1.807, 2.05) is 6.92 Å². The highest BCUT2D eigenvalue weighted by Gasteiger charge is 2.51. The maximum atomic E-state index is 13.6. The zero-order valence-electron chi connectivity index (χ0n) is 24.6. The Morgan fingerprint density at radius 2 is 2.00 bits per heavy atom. The molecule has 3 N–H and O–H groups in total. The second-order valence-electron chi connectivity index (χ2n) is 11.2. The van der Waals surface area contributed by atoms with E-state index in [1.165, 1.54) is 22.7 Å². The number of aliphatic hydroxyl groups is 1. The molecule has 2 atom stereocenters. The molecule has 10 nitrogen and oxygen atoms in total. The minimum Gasteiger partial charge on any atom is -0.434 e. The van der Waals surface area contributed by atoms with Crippen LogP contribution in [0.1, 0.15) is 80.8 Å². The summed E-state index contributed by atoms with van der Waals surface area (Å²) in [4.78, 5) is 28.3. The summed E-state index contributed by atoms with van der Waals surface area (Å²) in [6.07, 6.45) is 5.72. The number of ether oxygens (including phenoxy) is 1. The van der Waals surface area contributed by atoms with Crippen LogP contribution in [0.25, 0.3) is 16.9 Å². The van der Waals surface area contributed by atoms with Gasteiger partial charge in [0.05, 0.1) is 28.6 Å². The van der Waals surface area contributed by atoms with Gasteiger partial charge >= 0.3 is 6.61 Å². The predicted molar refractivity (Wildman–Crippen MR) is 139 cm³/mol. The van der Waals surface area contributed by atoms with E-state index in [0.717, 1.165) is 4.90 Å². The maximum absolute atomic E-state index is 13.6. The Hall–Kier alpha value is -4.03. The van der Waals surface area contributed by atoms with Crippen LogP contribution in [-0.4, -0.2) is 59.7 Å². The number of aromatic nitrogens is 5. The first kappa shape index (κ1) is 21.8. The third kappa shape index (κ3) is 3.55. The highest BCUT2D eigenvalue weighted by atomic mass is 19.3. The first-order valence-corrected chi connectivity index (χ1v) is 12.8. The number of hydrogen-bond donors (Lipinski definition) is 2. The number of nitrogens with zero attached hydrogens (tertiary/aromatic N) is 6. The van der Waals surface area contributed by atoms with Gasteiger partial charge in [0.15, 0.2) is 5.65 Å². The molecule has 0 unspecified atom stereocenters. The Balaban J connectivity index is 1.39. The molecule has 0 spiro atoms. The fourth-order valence-corrected chi connectivity index (χ4v) is 6.64. The molecule has 40 heavy (non-hydrogen) atoms. The highest BCUT2D eigenvalue weighted by molar-refractivity contribution is 5.98. The fourth-order valence-electron chi connectivity index (χ4n) is 6.64. The third-order valence-corrected chi connectivity index (χ3v) is 8.13. The molecule has 2 bridgehead atoms. The molecule has 12 heteroatoms. The Bertz CT molecular complexity index is 1800. The highest BCUT2D eigenvalue weighted by Crippen LogP contribution is 2.53. The summed E-state index contributed by atoms with van der Waals surface area (Å²) < 4.78 is 57.8. The molecule has 206 valence electrons. The van der Waals surface area contributed by atoms with Crippen molar-refractivity contribution in [3.8, 4) is 17.0 Å². The average molecular weight is 551 g/mol. The van der Waals surface area contributed by atoms with Crippen molar-refractivity contribution in [3.63, 3.8) is 0 Å². The topological polar surface area (TPSA) is 132 Å². The van der Waals surface area contributed by atoms with Crippen molar-refractivity contribution >= 4 is 11.6 Å².